The Kier molecular flexibility index (Phi) is 5.27. The lowest BCUT2D eigenvalue weighted by Gasteiger charge is -2.36. The van der Waals surface area contributed by atoms with Gasteiger partial charge in [-0.15, -0.1) is 0 Å². The molecule has 3 aliphatic rings. The van der Waals surface area contributed by atoms with Gasteiger partial charge in [-0.2, -0.15) is 0 Å². The summed E-state index contributed by atoms with van der Waals surface area (Å²) in [7, 11) is 0. The minimum Gasteiger partial charge on any atom is -0.370 e. The summed E-state index contributed by atoms with van der Waals surface area (Å²) < 4.78 is 6.51. The Labute approximate surface area is 131 Å². The topological polar surface area (TPSA) is 21.3 Å². The molecule has 2 saturated carbocycles. The van der Waals surface area contributed by atoms with Crippen molar-refractivity contribution < 1.29 is 4.74 Å². The zero-order valence-electron chi connectivity index (χ0n) is 14.2. The molecule has 0 aromatic heterocycles. The highest BCUT2D eigenvalue weighted by Crippen LogP contribution is 2.41. The van der Waals surface area contributed by atoms with E-state index in [0.717, 1.165) is 24.4 Å². The summed E-state index contributed by atoms with van der Waals surface area (Å²) in [4.78, 5) is 0. The van der Waals surface area contributed by atoms with Crippen LogP contribution in [0.5, 0.6) is 0 Å². The van der Waals surface area contributed by atoms with E-state index in [4.69, 9.17) is 4.74 Å². The number of nitrogens with one attached hydrogen (secondary N) is 1. The van der Waals surface area contributed by atoms with Crippen LogP contribution in [-0.4, -0.2) is 24.3 Å². The Morgan fingerprint density at radius 2 is 1.71 bits per heavy atom. The highest BCUT2D eigenvalue weighted by atomic mass is 16.5. The molecule has 1 aliphatic heterocycles. The van der Waals surface area contributed by atoms with Gasteiger partial charge in [0.15, 0.2) is 0 Å². The van der Waals surface area contributed by atoms with Crippen molar-refractivity contribution in [2.24, 2.45) is 11.8 Å². The quantitative estimate of drug-likeness (QED) is 0.813. The second kappa shape index (κ2) is 7.00. The van der Waals surface area contributed by atoms with Crippen LogP contribution in [0.2, 0.25) is 0 Å². The number of hydrogen-bond donors (Lipinski definition) is 1. The fourth-order valence-electron chi connectivity index (χ4n) is 5.10. The van der Waals surface area contributed by atoms with E-state index < -0.39 is 0 Å². The molecule has 3 unspecified atom stereocenters. The summed E-state index contributed by atoms with van der Waals surface area (Å²) in [5.41, 5.74) is 0.286. The van der Waals surface area contributed by atoms with Crippen LogP contribution < -0.4 is 5.32 Å². The van der Waals surface area contributed by atoms with Crippen LogP contribution in [0.3, 0.4) is 0 Å². The molecule has 21 heavy (non-hydrogen) atoms. The molecule has 3 fully saturated rings. The van der Waals surface area contributed by atoms with Crippen molar-refractivity contribution in [2.45, 2.75) is 102 Å². The molecule has 0 aromatic carbocycles. The molecule has 0 radical (unpaired) electrons. The molecule has 0 aromatic rings. The third-order valence-electron chi connectivity index (χ3n) is 6.39. The Bertz CT molecular complexity index is 322. The lowest BCUT2D eigenvalue weighted by molar-refractivity contribution is -0.0638. The minimum absolute atomic E-state index is 0.286. The second-order valence-electron chi connectivity index (χ2n) is 8.23. The van der Waals surface area contributed by atoms with Gasteiger partial charge in [-0.25, -0.2) is 0 Å². The van der Waals surface area contributed by atoms with E-state index in [2.05, 4.69) is 19.2 Å². The average Bonchev–Trinajstić information content (AvgIpc) is 2.89. The molecule has 2 heteroatoms. The maximum Gasteiger partial charge on any atom is 0.0708 e. The molecule has 2 aliphatic carbocycles. The summed E-state index contributed by atoms with van der Waals surface area (Å²) in [6.07, 6.45) is 15.6. The molecular weight excluding hydrogens is 258 g/mol. The van der Waals surface area contributed by atoms with Gasteiger partial charge in [-0.05, 0) is 50.4 Å². The van der Waals surface area contributed by atoms with Crippen LogP contribution in [0.25, 0.3) is 0 Å². The van der Waals surface area contributed by atoms with Crippen LogP contribution in [0.1, 0.15) is 84.5 Å². The molecule has 1 saturated heterocycles. The Morgan fingerprint density at radius 1 is 0.952 bits per heavy atom. The molecule has 3 rings (SSSR count). The van der Waals surface area contributed by atoms with E-state index in [-0.39, 0.29) is 5.60 Å². The van der Waals surface area contributed by atoms with Crippen LogP contribution in [0.15, 0.2) is 0 Å². The van der Waals surface area contributed by atoms with E-state index >= 15 is 0 Å². The van der Waals surface area contributed by atoms with Crippen LogP contribution in [0.4, 0.5) is 0 Å². The van der Waals surface area contributed by atoms with Crippen LogP contribution in [0, 0.1) is 11.8 Å². The van der Waals surface area contributed by atoms with Gasteiger partial charge in [0, 0.05) is 12.6 Å². The van der Waals surface area contributed by atoms with Crippen LogP contribution in [-0.2, 0) is 4.74 Å². The summed E-state index contributed by atoms with van der Waals surface area (Å²) >= 11 is 0. The first kappa shape index (κ1) is 15.8. The molecule has 0 bridgehead atoms. The summed E-state index contributed by atoms with van der Waals surface area (Å²) in [6.45, 7) is 5.89. The van der Waals surface area contributed by atoms with E-state index in [1.165, 1.54) is 70.6 Å². The molecule has 1 N–H and O–H groups in total. The lowest BCUT2D eigenvalue weighted by atomic mass is 9.78. The molecule has 2 nitrogen and oxygen atoms in total. The van der Waals surface area contributed by atoms with Crippen molar-refractivity contribution in [1.82, 2.24) is 5.32 Å². The molecule has 3 atom stereocenters. The third-order valence-corrected chi connectivity index (χ3v) is 6.39. The Hall–Kier alpha value is -0.0800. The second-order valence-corrected chi connectivity index (χ2v) is 8.23. The first-order valence-corrected chi connectivity index (χ1v) is 9.60. The van der Waals surface area contributed by atoms with Gasteiger partial charge < -0.3 is 10.1 Å². The maximum absolute atomic E-state index is 6.51. The number of ether oxygens (including phenoxy) is 1. The van der Waals surface area contributed by atoms with Gasteiger partial charge in [0.25, 0.3) is 0 Å². The standard InChI is InChI=1S/C19H35NO/c1-15(2)17-8-4-5-9-18(17)20-14-16-10-13-19(21-16)11-6-3-7-12-19/h15-18,20H,3-14H2,1-2H3. The minimum atomic E-state index is 0.286. The highest BCUT2D eigenvalue weighted by molar-refractivity contribution is 4.92. The average molecular weight is 293 g/mol. The molecule has 0 amide bonds. The first-order chi connectivity index (χ1) is 10.2. The molecule has 1 heterocycles. The smallest absolute Gasteiger partial charge is 0.0708 e. The maximum atomic E-state index is 6.51. The fourth-order valence-corrected chi connectivity index (χ4v) is 5.10. The third kappa shape index (κ3) is 3.82. The van der Waals surface area contributed by atoms with Crippen molar-refractivity contribution in [1.29, 1.82) is 0 Å². The van der Waals surface area contributed by atoms with Gasteiger partial charge in [0.05, 0.1) is 11.7 Å². The van der Waals surface area contributed by atoms with E-state index in [0.29, 0.717) is 6.10 Å². The van der Waals surface area contributed by atoms with Gasteiger partial charge in [0.2, 0.25) is 0 Å². The van der Waals surface area contributed by atoms with Crippen molar-refractivity contribution in [3.05, 3.63) is 0 Å². The molecule has 122 valence electrons. The van der Waals surface area contributed by atoms with Crippen molar-refractivity contribution in [3.8, 4) is 0 Å². The normalized spacial score (nSPS) is 36.4. The van der Waals surface area contributed by atoms with Crippen molar-refractivity contribution >= 4 is 0 Å². The van der Waals surface area contributed by atoms with Gasteiger partial charge in [0.1, 0.15) is 0 Å². The lowest BCUT2D eigenvalue weighted by Crippen LogP contribution is -2.44. The van der Waals surface area contributed by atoms with Crippen molar-refractivity contribution in [3.63, 3.8) is 0 Å². The van der Waals surface area contributed by atoms with E-state index in [1.54, 1.807) is 0 Å². The van der Waals surface area contributed by atoms with E-state index in [9.17, 15) is 0 Å². The molecular formula is C19H35NO. The number of hydrogen-bond acceptors (Lipinski definition) is 2. The van der Waals surface area contributed by atoms with Gasteiger partial charge in [-0.1, -0.05) is 46.0 Å². The number of rotatable bonds is 4. The molecule has 1 spiro atoms. The predicted molar refractivity (Wildman–Crippen MR) is 88.5 cm³/mol. The summed E-state index contributed by atoms with van der Waals surface area (Å²) in [5.74, 6) is 1.70. The Morgan fingerprint density at radius 3 is 2.48 bits per heavy atom. The van der Waals surface area contributed by atoms with Gasteiger partial charge in [-0.3, -0.25) is 0 Å². The van der Waals surface area contributed by atoms with E-state index in [1.807, 2.05) is 0 Å². The predicted octanol–water partition coefficient (Wildman–Crippen LogP) is 4.67. The van der Waals surface area contributed by atoms with Gasteiger partial charge >= 0.3 is 0 Å². The zero-order chi connectivity index (χ0) is 14.7. The summed E-state index contributed by atoms with van der Waals surface area (Å²) in [6, 6.07) is 0.741. The largest absolute Gasteiger partial charge is 0.370 e. The monoisotopic (exact) mass is 293 g/mol. The Balaban J connectivity index is 1.46. The van der Waals surface area contributed by atoms with Crippen LogP contribution >= 0.6 is 0 Å². The fraction of sp³-hybridized carbons (Fsp3) is 1.00. The highest BCUT2D eigenvalue weighted by Gasteiger charge is 2.41. The summed E-state index contributed by atoms with van der Waals surface area (Å²) in [5, 5.41) is 3.89. The first-order valence-electron chi connectivity index (χ1n) is 9.60. The van der Waals surface area contributed by atoms with Crippen molar-refractivity contribution in [2.75, 3.05) is 6.54 Å². The zero-order valence-corrected chi connectivity index (χ0v) is 14.2. The SMILES string of the molecule is CC(C)C1CCCCC1NCC1CCC2(CCCCC2)O1.